The number of carbonyl (C=O) groups is 1. The average Bonchev–Trinajstić information content (AvgIpc) is 3.32. The molecule has 1 aromatic heterocycles. The zero-order valence-corrected chi connectivity index (χ0v) is 23.7. The van der Waals surface area contributed by atoms with Gasteiger partial charge in [-0.25, -0.2) is 0 Å². The average molecular weight is 522 g/mol. The Hall–Kier alpha value is -2.66. The summed E-state index contributed by atoms with van der Waals surface area (Å²) in [6.45, 7) is 5.83. The van der Waals surface area contributed by atoms with E-state index >= 15 is 0 Å². The molecule has 2 aromatic carbocycles. The maximum Gasteiger partial charge on any atom is 0.255 e. The van der Waals surface area contributed by atoms with Gasteiger partial charge >= 0.3 is 0 Å². The molecular weight excluding hydrogens is 476 g/mol. The lowest BCUT2D eigenvalue weighted by atomic mass is 10.1. The molecule has 1 N–H and O–H groups in total. The molecule has 0 aliphatic carbocycles. The SMILES string of the molecule is CCCCCCCCCCCCCCOc1ccc(C(=O)Nc2ccccc2C[n+]2csc(C)c2)cc1. The number of hydrogen-bond donors (Lipinski definition) is 1. The summed E-state index contributed by atoms with van der Waals surface area (Å²) in [6, 6.07) is 15.4. The molecule has 0 aliphatic rings. The minimum absolute atomic E-state index is 0.105. The summed E-state index contributed by atoms with van der Waals surface area (Å²) in [6.07, 6.45) is 18.2. The Kier molecular flexibility index (Phi) is 13.3. The van der Waals surface area contributed by atoms with E-state index in [1.165, 1.54) is 75.5 Å². The first-order valence-corrected chi connectivity index (χ1v) is 15.1. The maximum atomic E-state index is 12.9. The van der Waals surface area contributed by atoms with Crippen LogP contribution in [0, 0.1) is 6.92 Å². The van der Waals surface area contributed by atoms with Gasteiger partial charge in [0, 0.05) is 11.1 Å². The van der Waals surface area contributed by atoms with E-state index in [4.69, 9.17) is 4.74 Å². The van der Waals surface area contributed by atoms with Crippen LogP contribution in [0.4, 0.5) is 5.69 Å². The second-order valence-corrected chi connectivity index (χ2v) is 11.1. The second kappa shape index (κ2) is 17.0. The Morgan fingerprint density at radius 1 is 0.838 bits per heavy atom. The molecule has 0 bridgehead atoms. The fourth-order valence-electron chi connectivity index (χ4n) is 4.54. The molecule has 1 heterocycles. The lowest BCUT2D eigenvalue weighted by molar-refractivity contribution is -0.683. The summed E-state index contributed by atoms with van der Waals surface area (Å²) < 4.78 is 8.05. The molecule has 0 saturated carbocycles. The molecule has 3 rings (SSSR count). The van der Waals surface area contributed by atoms with Crippen LogP contribution < -0.4 is 14.6 Å². The van der Waals surface area contributed by atoms with Crippen molar-refractivity contribution in [3.05, 3.63) is 76.2 Å². The number of nitrogens with zero attached hydrogens (tertiary/aromatic N) is 1. The van der Waals surface area contributed by atoms with E-state index in [-0.39, 0.29) is 5.91 Å². The number of amides is 1. The Bertz CT molecular complexity index is 1040. The molecule has 0 atom stereocenters. The van der Waals surface area contributed by atoms with Crippen LogP contribution >= 0.6 is 11.3 Å². The largest absolute Gasteiger partial charge is 0.494 e. The van der Waals surface area contributed by atoms with Crippen LogP contribution in [0.5, 0.6) is 5.75 Å². The first-order chi connectivity index (χ1) is 18.2. The van der Waals surface area contributed by atoms with E-state index in [9.17, 15) is 4.79 Å². The molecule has 0 aliphatic heterocycles. The quantitative estimate of drug-likeness (QED) is 0.134. The van der Waals surface area contributed by atoms with E-state index in [0.717, 1.165) is 36.6 Å². The number of carbonyl (C=O) groups excluding carboxylic acids is 1. The number of rotatable bonds is 18. The number of ether oxygens (including phenoxy) is 1. The van der Waals surface area contributed by atoms with Crippen LogP contribution in [0.2, 0.25) is 0 Å². The van der Waals surface area contributed by atoms with E-state index in [1.807, 2.05) is 42.5 Å². The lowest BCUT2D eigenvalue weighted by Gasteiger charge is -2.10. The third-order valence-corrected chi connectivity index (χ3v) is 7.58. The van der Waals surface area contributed by atoms with Gasteiger partial charge < -0.3 is 10.1 Å². The standard InChI is InChI=1S/C32H44N2O2S/c1-3-4-5-6-7-8-9-10-11-12-13-16-23-36-30-21-19-28(20-22-30)32(35)33-31-18-15-14-17-29(31)25-34-24-27(2)37-26-34/h14-15,17-22,24,26H,3-13,16,23,25H2,1-2H3/p+1. The molecule has 0 radical (unpaired) electrons. The van der Waals surface area contributed by atoms with Gasteiger partial charge in [0.15, 0.2) is 12.7 Å². The molecule has 4 nitrogen and oxygen atoms in total. The van der Waals surface area contributed by atoms with Crippen molar-refractivity contribution in [2.24, 2.45) is 0 Å². The number of unbranched alkanes of at least 4 members (excludes halogenated alkanes) is 11. The summed E-state index contributed by atoms with van der Waals surface area (Å²) in [5.41, 5.74) is 4.66. The van der Waals surface area contributed by atoms with E-state index < -0.39 is 0 Å². The topological polar surface area (TPSA) is 42.2 Å². The van der Waals surface area contributed by atoms with Crippen LogP contribution in [0.3, 0.4) is 0 Å². The van der Waals surface area contributed by atoms with Crippen molar-refractivity contribution in [2.45, 2.75) is 97.4 Å². The van der Waals surface area contributed by atoms with E-state index in [2.05, 4.69) is 41.5 Å². The van der Waals surface area contributed by atoms with Crippen molar-refractivity contribution in [3.63, 3.8) is 0 Å². The minimum Gasteiger partial charge on any atom is -0.494 e. The lowest BCUT2D eigenvalue weighted by Crippen LogP contribution is -2.31. The normalized spacial score (nSPS) is 11.0. The highest BCUT2D eigenvalue weighted by Gasteiger charge is 2.13. The fourth-order valence-corrected chi connectivity index (χ4v) is 5.17. The second-order valence-electron chi connectivity index (χ2n) is 10.0. The van der Waals surface area contributed by atoms with Crippen molar-refractivity contribution >= 4 is 22.9 Å². The molecule has 37 heavy (non-hydrogen) atoms. The molecule has 0 saturated heterocycles. The Morgan fingerprint density at radius 2 is 1.46 bits per heavy atom. The van der Waals surface area contributed by atoms with Gasteiger partial charge in [0.2, 0.25) is 5.51 Å². The highest BCUT2D eigenvalue weighted by molar-refractivity contribution is 7.09. The first kappa shape index (κ1) is 28.9. The Labute approximate surface area is 228 Å². The molecular formula is C32H45N2O2S+. The van der Waals surface area contributed by atoms with Gasteiger partial charge in [0.05, 0.1) is 17.2 Å². The molecule has 5 heteroatoms. The van der Waals surface area contributed by atoms with Crippen LogP contribution in [0.25, 0.3) is 0 Å². The molecule has 200 valence electrons. The van der Waals surface area contributed by atoms with Gasteiger partial charge in [-0.15, -0.1) is 0 Å². The predicted molar refractivity (Wildman–Crippen MR) is 156 cm³/mol. The summed E-state index contributed by atoms with van der Waals surface area (Å²) in [7, 11) is 0. The number of benzene rings is 2. The minimum atomic E-state index is -0.105. The molecule has 1 amide bonds. The number of aromatic nitrogens is 1. The number of hydrogen-bond acceptors (Lipinski definition) is 3. The fraction of sp³-hybridized carbons (Fsp3) is 0.500. The summed E-state index contributed by atoms with van der Waals surface area (Å²) in [5.74, 6) is 0.718. The third-order valence-electron chi connectivity index (χ3n) is 6.72. The monoisotopic (exact) mass is 521 g/mol. The maximum absolute atomic E-state index is 12.9. The van der Waals surface area contributed by atoms with Crippen LogP contribution in [0.15, 0.2) is 60.2 Å². The van der Waals surface area contributed by atoms with Crippen molar-refractivity contribution in [2.75, 3.05) is 11.9 Å². The van der Waals surface area contributed by atoms with Gasteiger partial charge in [0.25, 0.3) is 5.91 Å². The van der Waals surface area contributed by atoms with Gasteiger partial charge in [-0.05, 0) is 43.7 Å². The molecule has 0 unspecified atom stereocenters. The van der Waals surface area contributed by atoms with Gasteiger partial charge in [-0.3, -0.25) is 4.79 Å². The van der Waals surface area contributed by atoms with Gasteiger partial charge in [-0.2, -0.15) is 4.57 Å². The number of aryl methyl sites for hydroxylation is 1. The van der Waals surface area contributed by atoms with Crippen molar-refractivity contribution in [1.82, 2.24) is 0 Å². The Morgan fingerprint density at radius 3 is 2.08 bits per heavy atom. The van der Waals surface area contributed by atoms with Gasteiger partial charge in [-0.1, -0.05) is 107 Å². The molecule has 0 fully saturated rings. The molecule has 3 aromatic rings. The van der Waals surface area contributed by atoms with E-state index in [0.29, 0.717) is 5.56 Å². The van der Waals surface area contributed by atoms with Crippen LogP contribution in [0.1, 0.15) is 105 Å². The highest BCUT2D eigenvalue weighted by Crippen LogP contribution is 2.19. The predicted octanol–water partition coefficient (Wildman–Crippen LogP) is 8.72. The van der Waals surface area contributed by atoms with Crippen molar-refractivity contribution in [1.29, 1.82) is 0 Å². The number of nitrogens with one attached hydrogen (secondary N) is 1. The van der Waals surface area contributed by atoms with Crippen molar-refractivity contribution in [3.8, 4) is 5.75 Å². The van der Waals surface area contributed by atoms with Crippen LogP contribution in [-0.2, 0) is 6.54 Å². The third kappa shape index (κ3) is 11.1. The smallest absolute Gasteiger partial charge is 0.255 e. The van der Waals surface area contributed by atoms with E-state index in [1.54, 1.807) is 11.3 Å². The summed E-state index contributed by atoms with van der Waals surface area (Å²) in [5, 5.41) is 3.08. The van der Waals surface area contributed by atoms with Crippen LogP contribution in [-0.4, -0.2) is 12.5 Å². The molecule has 0 spiro atoms. The summed E-state index contributed by atoms with van der Waals surface area (Å²) >= 11 is 1.72. The van der Waals surface area contributed by atoms with Crippen molar-refractivity contribution < 1.29 is 14.1 Å². The summed E-state index contributed by atoms with van der Waals surface area (Å²) in [4.78, 5) is 14.1. The zero-order chi connectivity index (χ0) is 26.1. The number of para-hydroxylation sites is 1. The Balaban J connectivity index is 1.31. The number of anilines is 1. The zero-order valence-electron chi connectivity index (χ0n) is 22.8. The number of thiazole rings is 1. The van der Waals surface area contributed by atoms with Gasteiger partial charge in [0.1, 0.15) is 5.75 Å². The highest BCUT2D eigenvalue weighted by atomic mass is 32.1. The first-order valence-electron chi connectivity index (χ1n) is 14.2.